The van der Waals surface area contributed by atoms with Gasteiger partial charge in [0.2, 0.25) is 5.91 Å². The maximum absolute atomic E-state index is 11.6. The van der Waals surface area contributed by atoms with E-state index in [2.05, 4.69) is 16.7 Å². The maximum Gasteiger partial charge on any atom is 0.223 e. The van der Waals surface area contributed by atoms with Crippen molar-refractivity contribution in [1.82, 2.24) is 14.7 Å². The molecule has 5 heteroatoms. The molecule has 1 fully saturated rings. The fourth-order valence-electron chi connectivity index (χ4n) is 2.42. The Morgan fingerprint density at radius 2 is 1.84 bits per heavy atom. The number of nitrogens with two attached hydrogens (primary N) is 1. The smallest absolute Gasteiger partial charge is 0.223 e. The SMILES string of the molecule is CC(CN)CN1CCCN(CCC(=O)N(C)C)CC1. The molecule has 1 aliphatic heterocycles. The Morgan fingerprint density at radius 3 is 2.47 bits per heavy atom. The van der Waals surface area contributed by atoms with Crippen molar-refractivity contribution in [1.29, 1.82) is 0 Å². The highest BCUT2D eigenvalue weighted by molar-refractivity contribution is 5.75. The second-order valence-corrected chi connectivity index (χ2v) is 5.87. The summed E-state index contributed by atoms with van der Waals surface area (Å²) in [6.45, 7) is 9.38. The molecule has 5 nitrogen and oxygen atoms in total. The Bertz CT molecular complexity index is 270. The zero-order valence-electron chi connectivity index (χ0n) is 12.8. The van der Waals surface area contributed by atoms with Gasteiger partial charge in [0.15, 0.2) is 0 Å². The van der Waals surface area contributed by atoms with Crippen LogP contribution in [0.5, 0.6) is 0 Å². The molecule has 1 amide bonds. The van der Waals surface area contributed by atoms with Crippen molar-refractivity contribution < 1.29 is 4.79 Å². The molecule has 2 N–H and O–H groups in total. The van der Waals surface area contributed by atoms with Crippen LogP contribution in [-0.2, 0) is 4.79 Å². The first-order valence-electron chi connectivity index (χ1n) is 7.38. The van der Waals surface area contributed by atoms with E-state index < -0.39 is 0 Å². The van der Waals surface area contributed by atoms with Crippen LogP contribution in [0.3, 0.4) is 0 Å². The molecule has 0 spiro atoms. The van der Waals surface area contributed by atoms with Crippen molar-refractivity contribution in [3.63, 3.8) is 0 Å². The number of carbonyl (C=O) groups is 1. The van der Waals surface area contributed by atoms with E-state index in [0.717, 1.165) is 45.8 Å². The van der Waals surface area contributed by atoms with Crippen LogP contribution in [0.2, 0.25) is 0 Å². The summed E-state index contributed by atoms with van der Waals surface area (Å²) in [5.41, 5.74) is 5.69. The standard InChI is InChI=1S/C14H30N4O/c1-13(11-15)12-18-7-4-6-17(9-10-18)8-5-14(19)16(2)3/h13H,4-12,15H2,1-3H3. The quantitative estimate of drug-likeness (QED) is 0.742. The zero-order chi connectivity index (χ0) is 14.3. The third-order valence-electron chi connectivity index (χ3n) is 3.79. The first-order valence-corrected chi connectivity index (χ1v) is 7.38. The number of hydrogen-bond acceptors (Lipinski definition) is 4. The fraction of sp³-hybridized carbons (Fsp3) is 0.929. The van der Waals surface area contributed by atoms with Gasteiger partial charge in [-0.2, -0.15) is 0 Å². The molecular formula is C14H30N4O. The summed E-state index contributed by atoms with van der Waals surface area (Å²) >= 11 is 0. The lowest BCUT2D eigenvalue weighted by Gasteiger charge is -2.24. The van der Waals surface area contributed by atoms with Gasteiger partial charge in [-0.1, -0.05) is 6.92 Å². The highest BCUT2D eigenvalue weighted by Gasteiger charge is 2.17. The summed E-state index contributed by atoms with van der Waals surface area (Å²) < 4.78 is 0. The van der Waals surface area contributed by atoms with E-state index in [4.69, 9.17) is 5.73 Å². The molecular weight excluding hydrogens is 240 g/mol. The maximum atomic E-state index is 11.6. The monoisotopic (exact) mass is 270 g/mol. The lowest BCUT2D eigenvalue weighted by Crippen LogP contribution is -2.36. The molecule has 19 heavy (non-hydrogen) atoms. The van der Waals surface area contributed by atoms with E-state index in [9.17, 15) is 4.79 Å². The van der Waals surface area contributed by atoms with Crippen molar-refractivity contribution in [2.45, 2.75) is 19.8 Å². The predicted octanol–water partition coefficient (Wildman–Crippen LogP) is 0.0672. The van der Waals surface area contributed by atoms with Crippen LogP contribution in [0, 0.1) is 5.92 Å². The van der Waals surface area contributed by atoms with Gasteiger partial charge in [0.25, 0.3) is 0 Å². The Balaban J connectivity index is 2.27. The van der Waals surface area contributed by atoms with E-state index in [1.54, 1.807) is 4.90 Å². The van der Waals surface area contributed by atoms with Gasteiger partial charge in [-0.05, 0) is 32.0 Å². The summed E-state index contributed by atoms with van der Waals surface area (Å²) in [6, 6.07) is 0. The first kappa shape index (κ1) is 16.4. The number of carbonyl (C=O) groups excluding carboxylic acids is 1. The minimum Gasteiger partial charge on any atom is -0.349 e. The van der Waals surface area contributed by atoms with Gasteiger partial charge in [-0.25, -0.2) is 0 Å². The van der Waals surface area contributed by atoms with E-state index in [1.807, 2.05) is 14.1 Å². The fourth-order valence-corrected chi connectivity index (χ4v) is 2.42. The van der Waals surface area contributed by atoms with E-state index in [0.29, 0.717) is 12.3 Å². The average molecular weight is 270 g/mol. The van der Waals surface area contributed by atoms with E-state index >= 15 is 0 Å². The van der Waals surface area contributed by atoms with Crippen LogP contribution in [0.15, 0.2) is 0 Å². The summed E-state index contributed by atoms with van der Waals surface area (Å²) in [5, 5.41) is 0. The van der Waals surface area contributed by atoms with E-state index in [1.165, 1.54) is 6.42 Å². The van der Waals surface area contributed by atoms with Gasteiger partial charge >= 0.3 is 0 Å². The lowest BCUT2D eigenvalue weighted by molar-refractivity contribution is -0.129. The molecule has 1 saturated heterocycles. The summed E-state index contributed by atoms with van der Waals surface area (Å²) in [4.78, 5) is 18.2. The zero-order valence-corrected chi connectivity index (χ0v) is 12.8. The Kier molecular flexibility index (Phi) is 7.34. The van der Waals surface area contributed by atoms with Crippen LogP contribution >= 0.6 is 0 Å². The van der Waals surface area contributed by atoms with Crippen molar-refractivity contribution in [2.75, 3.05) is 59.9 Å². The topological polar surface area (TPSA) is 52.8 Å². The predicted molar refractivity (Wildman–Crippen MR) is 79.0 cm³/mol. The molecule has 0 aromatic rings. The molecule has 1 heterocycles. The third kappa shape index (κ3) is 6.36. The molecule has 1 atom stereocenters. The van der Waals surface area contributed by atoms with Gasteiger partial charge in [-0.3, -0.25) is 4.79 Å². The minimum atomic E-state index is 0.220. The second-order valence-electron chi connectivity index (χ2n) is 5.87. The number of rotatable bonds is 6. The number of hydrogen-bond donors (Lipinski definition) is 1. The van der Waals surface area contributed by atoms with Crippen molar-refractivity contribution in [3.05, 3.63) is 0 Å². The van der Waals surface area contributed by atoms with Crippen LogP contribution in [0.1, 0.15) is 19.8 Å². The molecule has 1 aliphatic rings. The molecule has 1 unspecified atom stereocenters. The van der Waals surface area contributed by atoms with Crippen LogP contribution < -0.4 is 5.73 Å². The van der Waals surface area contributed by atoms with Gasteiger partial charge in [0.05, 0.1) is 0 Å². The van der Waals surface area contributed by atoms with Crippen molar-refractivity contribution in [2.24, 2.45) is 11.7 Å². The molecule has 0 aromatic heterocycles. The normalized spacial score (nSPS) is 20.0. The largest absolute Gasteiger partial charge is 0.349 e. The lowest BCUT2D eigenvalue weighted by atomic mass is 10.1. The minimum absolute atomic E-state index is 0.220. The highest BCUT2D eigenvalue weighted by Crippen LogP contribution is 2.06. The van der Waals surface area contributed by atoms with Gasteiger partial charge in [-0.15, -0.1) is 0 Å². The molecule has 0 aliphatic carbocycles. The van der Waals surface area contributed by atoms with Crippen LogP contribution in [-0.4, -0.2) is 80.5 Å². The summed E-state index contributed by atoms with van der Waals surface area (Å²) in [5.74, 6) is 0.791. The van der Waals surface area contributed by atoms with Gasteiger partial charge < -0.3 is 20.4 Å². The highest BCUT2D eigenvalue weighted by atomic mass is 16.2. The van der Waals surface area contributed by atoms with E-state index in [-0.39, 0.29) is 5.91 Å². The Hall–Kier alpha value is -0.650. The van der Waals surface area contributed by atoms with Gasteiger partial charge in [0, 0.05) is 46.7 Å². The van der Waals surface area contributed by atoms with Gasteiger partial charge in [0.1, 0.15) is 0 Å². The Labute approximate surface area is 117 Å². The Morgan fingerprint density at radius 1 is 1.21 bits per heavy atom. The van der Waals surface area contributed by atoms with Crippen molar-refractivity contribution >= 4 is 5.91 Å². The van der Waals surface area contributed by atoms with Crippen LogP contribution in [0.4, 0.5) is 0 Å². The molecule has 1 rings (SSSR count). The molecule has 112 valence electrons. The molecule has 0 radical (unpaired) electrons. The summed E-state index contributed by atoms with van der Waals surface area (Å²) in [7, 11) is 3.64. The number of nitrogens with zero attached hydrogens (tertiary/aromatic N) is 3. The second kappa shape index (κ2) is 8.51. The molecule has 0 aromatic carbocycles. The van der Waals surface area contributed by atoms with Crippen LogP contribution in [0.25, 0.3) is 0 Å². The summed E-state index contributed by atoms with van der Waals surface area (Å²) in [6.07, 6.45) is 1.82. The average Bonchev–Trinajstić information content (AvgIpc) is 2.61. The number of amides is 1. The molecule has 0 bridgehead atoms. The third-order valence-corrected chi connectivity index (χ3v) is 3.79. The molecule has 0 saturated carbocycles. The first-order chi connectivity index (χ1) is 9.02. The van der Waals surface area contributed by atoms with Crippen molar-refractivity contribution in [3.8, 4) is 0 Å².